The molecule has 0 radical (unpaired) electrons. The Bertz CT molecular complexity index is 1270. The number of carbonyl (C=O) groups is 1. The van der Waals surface area contributed by atoms with Crippen LogP contribution >= 0.6 is 0 Å². The van der Waals surface area contributed by atoms with Gasteiger partial charge in [-0.1, -0.05) is 42.5 Å². The number of hydrogen-bond donors (Lipinski definition) is 2. The number of para-hydroxylation sites is 1. The largest absolute Gasteiger partial charge is 0.673 e. The van der Waals surface area contributed by atoms with Gasteiger partial charge in [-0.2, -0.15) is 0 Å². The average Bonchev–Trinajstić information content (AvgIpc) is 2.74. The first-order valence-corrected chi connectivity index (χ1v) is 9.62. The molecule has 1 amide bonds. The summed E-state index contributed by atoms with van der Waals surface area (Å²) in [5.74, 6) is 0.713. The lowest BCUT2D eigenvalue weighted by atomic mass is 10.1. The minimum Gasteiger partial charge on any atom is -0.456 e. The molecule has 0 unspecified atom stereocenters. The Labute approximate surface area is 181 Å². The number of halogens is 4. The van der Waals surface area contributed by atoms with Gasteiger partial charge in [0.15, 0.2) is 0 Å². The molecule has 0 bridgehead atoms. The molecule has 2 N–H and O–H groups in total. The van der Waals surface area contributed by atoms with Gasteiger partial charge in [-0.25, -0.2) is 4.99 Å². The summed E-state index contributed by atoms with van der Waals surface area (Å²) in [6.45, 7) is 1.50. The van der Waals surface area contributed by atoms with Gasteiger partial charge < -0.3 is 27.0 Å². The topological polar surface area (TPSA) is 56.2 Å². The quantitative estimate of drug-likeness (QED) is 0.358. The van der Waals surface area contributed by atoms with Crippen molar-refractivity contribution in [3.05, 3.63) is 90.3 Å². The number of hydrogen-bond acceptors (Lipinski definition) is 2. The van der Waals surface area contributed by atoms with Crippen molar-refractivity contribution < 1.29 is 31.5 Å². The van der Waals surface area contributed by atoms with E-state index in [2.05, 4.69) is 10.3 Å². The molecule has 4 nitrogen and oxygen atoms in total. The number of anilines is 1. The van der Waals surface area contributed by atoms with Gasteiger partial charge in [-0.15, -0.1) is 0 Å². The predicted molar refractivity (Wildman–Crippen MR) is 116 cm³/mol. The molecule has 1 aromatic heterocycles. The van der Waals surface area contributed by atoms with Gasteiger partial charge in [0.2, 0.25) is 17.0 Å². The summed E-state index contributed by atoms with van der Waals surface area (Å²) >= 11 is 0. The molecule has 0 aliphatic heterocycles. The highest BCUT2D eigenvalue weighted by atomic mass is 19.5. The van der Waals surface area contributed by atoms with E-state index >= 15 is 0 Å². The van der Waals surface area contributed by atoms with Gasteiger partial charge in [-0.05, 0) is 24.3 Å². The highest BCUT2D eigenvalue weighted by molar-refractivity contribution is 6.50. The monoisotopic (exact) mass is 442 g/mol. The number of nitrogens with one attached hydrogen (secondary N) is 2. The molecule has 3 aromatic carbocycles. The normalized spacial score (nSPS) is 11.6. The molecular formula is C23H19BF4N2O2. The van der Waals surface area contributed by atoms with Gasteiger partial charge in [0, 0.05) is 30.3 Å². The van der Waals surface area contributed by atoms with Crippen molar-refractivity contribution >= 4 is 35.5 Å². The van der Waals surface area contributed by atoms with Crippen molar-refractivity contribution in [2.45, 2.75) is 6.92 Å². The molecule has 32 heavy (non-hydrogen) atoms. The molecule has 0 aliphatic rings. The lowest BCUT2D eigenvalue weighted by Gasteiger charge is -2.03. The van der Waals surface area contributed by atoms with Gasteiger partial charge in [0.05, 0.1) is 11.5 Å². The summed E-state index contributed by atoms with van der Waals surface area (Å²) in [4.78, 5) is 14.6. The highest BCUT2D eigenvalue weighted by Crippen LogP contribution is 2.21. The summed E-state index contributed by atoms with van der Waals surface area (Å²) in [6, 6.07) is 27.6. The van der Waals surface area contributed by atoms with Crippen LogP contribution in [0.15, 0.2) is 89.3 Å². The first-order chi connectivity index (χ1) is 15.2. The second kappa shape index (κ2) is 9.95. The van der Waals surface area contributed by atoms with Crippen LogP contribution in [0, 0.1) is 0 Å². The molecule has 0 fully saturated rings. The molecule has 9 heteroatoms. The van der Waals surface area contributed by atoms with Crippen molar-refractivity contribution in [3.63, 3.8) is 0 Å². The summed E-state index contributed by atoms with van der Waals surface area (Å²) in [5, 5.41) is 4.74. The second-order valence-corrected chi connectivity index (χ2v) is 6.76. The predicted octanol–water partition coefficient (Wildman–Crippen LogP) is 4.67. The van der Waals surface area contributed by atoms with Crippen LogP contribution in [0.2, 0.25) is 0 Å². The fraction of sp³-hybridized carbons (Fsp3) is 0.0435. The highest BCUT2D eigenvalue weighted by Gasteiger charge is 2.20. The zero-order valence-electron chi connectivity index (χ0n) is 17.0. The molecule has 164 valence electrons. The number of amides is 1. The maximum absolute atomic E-state index is 11.2. The number of rotatable bonds is 3. The van der Waals surface area contributed by atoms with E-state index in [-0.39, 0.29) is 5.91 Å². The van der Waals surface area contributed by atoms with Crippen LogP contribution in [0.1, 0.15) is 6.92 Å². The molecule has 0 saturated carbocycles. The summed E-state index contributed by atoms with van der Waals surface area (Å²) in [6.07, 6.45) is 0. The molecule has 0 aliphatic carbocycles. The Kier molecular flexibility index (Phi) is 7.09. The van der Waals surface area contributed by atoms with Crippen LogP contribution in [0.5, 0.6) is 0 Å². The Hall–Kier alpha value is -3.88. The SMILES string of the molecule is CC(=O)Nc1ccc([NH+]=c2cc(-c3ccccc3)oc3ccccc23)cc1.F[B-](F)(F)F. The smallest absolute Gasteiger partial charge is 0.456 e. The van der Waals surface area contributed by atoms with Gasteiger partial charge in [-0.3, -0.25) is 4.79 Å². The Balaban J connectivity index is 0.000000523. The molecule has 0 spiro atoms. The fourth-order valence-corrected chi connectivity index (χ4v) is 2.98. The van der Waals surface area contributed by atoms with Crippen LogP contribution in [0.25, 0.3) is 22.3 Å². The maximum atomic E-state index is 11.2. The van der Waals surface area contributed by atoms with Crippen molar-refractivity contribution in [2.24, 2.45) is 0 Å². The summed E-state index contributed by atoms with van der Waals surface area (Å²) < 4.78 is 45.1. The van der Waals surface area contributed by atoms with E-state index in [1.54, 1.807) is 0 Å². The molecule has 4 rings (SSSR count). The standard InChI is InChI=1S/C23H18N2O2.BF4/c1-16(26)24-18-11-13-19(14-12-18)25-21-15-23(17-7-3-2-4-8-17)27-22-10-6-5-9-20(21)22;2-1(3,4)5/h2-15H,1H3,(H,24,26);/q;-1/p+1. The van der Waals surface area contributed by atoms with Gasteiger partial charge in [0.25, 0.3) is 0 Å². The zero-order chi connectivity index (χ0) is 23.1. The van der Waals surface area contributed by atoms with E-state index in [4.69, 9.17) is 4.42 Å². The second-order valence-electron chi connectivity index (χ2n) is 6.76. The van der Waals surface area contributed by atoms with Crippen LogP contribution in [0.3, 0.4) is 0 Å². The third-order valence-electron chi connectivity index (χ3n) is 4.22. The minimum atomic E-state index is -6.00. The fourth-order valence-electron chi connectivity index (χ4n) is 2.98. The molecule has 1 heterocycles. The van der Waals surface area contributed by atoms with Gasteiger partial charge >= 0.3 is 7.25 Å². The summed E-state index contributed by atoms with van der Waals surface area (Å²) in [7, 11) is -6.00. The molecule has 0 atom stereocenters. The Morgan fingerprint density at radius 3 is 2.09 bits per heavy atom. The first-order valence-electron chi connectivity index (χ1n) is 9.62. The van der Waals surface area contributed by atoms with E-state index in [0.29, 0.717) is 0 Å². The Morgan fingerprint density at radius 2 is 1.47 bits per heavy atom. The van der Waals surface area contributed by atoms with Crippen LogP contribution in [-0.4, -0.2) is 13.2 Å². The lowest BCUT2D eigenvalue weighted by molar-refractivity contribution is -0.400. The molecule has 4 aromatic rings. The van der Waals surface area contributed by atoms with Crippen LogP contribution < -0.4 is 15.7 Å². The average molecular weight is 442 g/mol. The Morgan fingerprint density at radius 1 is 0.875 bits per heavy atom. The van der Waals surface area contributed by atoms with Crippen molar-refractivity contribution in [1.82, 2.24) is 0 Å². The number of carbonyl (C=O) groups excluding carboxylic acids is 1. The van der Waals surface area contributed by atoms with Crippen molar-refractivity contribution in [3.8, 4) is 11.3 Å². The van der Waals surface area contributed by atoms with Crippen LogP contribution in [-0.2, 0) is 4.79 Å². The van der Waals surface area contributed by atoms with Crippen molar-refractivity contribution in [1.29, 1.82) is 0 Å². The van der Waals surface area contributed by atoms with E-state index in [1.165, 1.54) is 6.92 Å². The lowest BCUT2D eigenvalue weighted by Crippen LogP contribution is -2.70. The zero-order valence-corrected chi connectivity index (χ0v) is 17.0. The van der Waals surface area contributed by atoms with Crippen LogP contribution in [0.4, 0.5) is 28.6 Å². The molecule has 0 saturated heterocycles. The summed E-state index contributed by atoms with van der Waals surface area (Å²) in [5.41, 5.74) is 3.54. The van der Waals surface area contributed by atoms with Gasteiger partial charge in [0.1, 0.15) is 11.3 Å². The van der Waals surface area contributed by atoms with E-state index in [1.807, 2.05) is 84.9 Å². The number of fused-ring (bicyclic) bond motifs is 1. The third kappa shape index (κ3) is 6.83. The first kappa shape index (κ1) is 22.8. The van der Waals surface area contributed by atoms with Crippen molar-refractivity contribution in [2.75, 3.05) is 5.32 Å². The minimum absolute atomic E-state index is 0.0844. The number of benzene rings is 3. The molecular weight excluding hydrogens is 423 g/mol. The third-order valence-corrected chi connectivity index (χ3v) is 4.22. The van der Waals surface area contributed by atoms with E-state index < -0.39 is 7.25 Å². The van der Waals surface area contributed by atoms with E-state index in [9.17, 15) is 22.1 Å². The van der Waals surface area contributed by atoms with E-state index in [0.717, 1.165) is 39.0 Å². The maximum Gasteiger partial charge on any atom is 0.673 e.